The Balaban J connectivity index is 1.57. The van der Waals surface area contributed by atoms with Crippen LogP contribution in [0, 0.1) is 0 Å². The van der Waals surface area contributed by atoms with E-state index < -0.39 is 17.7 Å². The number of carbonyl (C=O) groups is 2. The van der Waals surface area contributed by atoms with Crippen molar-refractivity contribution in [2.75, 3.05) is 34.0 Å². The van der Waals surface area contributed by atoms with E-state index in [-0.39, 0.29) is 17.9 Å². The molecule has 2 aliphatic rings. The van der Waals surface area contributed by atoms with Gasteiger partial charge in [-0.2, -0.15) is 0 Å². The third-order valence-electron chi connectivity index (χ3n) is 6.59. The molecule has 0 spiro atoms. The summed E-state index contributed by atoms with van der Waals surface area (Å²) in [4.78, 5) is 28.2. The first-order valence-corrected chi connectivity index (χ1v) is 12.0. The third-order valence-corrected chi connectivity index (χ3v) is 6.59. The number of aliphatic hydroxyl groups excluding tert-OH is 1. The van der Waals surface area contributed by atoms with Crippen molar-refractivity contribution in [2.45, 2.75) is 12.5 Å². The van der Waals surface area contributed by atoms with Crippen molar-refractivity contribution in [3.63, 3.8) is 0 Å². The number of Topliss-reactive ketones (excluding diaryl/α,β-unsaturated/α-hetero) is 1. The van der Waals surface area contributed by atoms with Crippen molar-refractivity contribution in [3.05, 3.63) is 89.0 Å². The van der Waals surface area contributed by atoms with E-state index in [9.17, 15) is 14.7 Å². The van der Waals surface area contributed by atoms with E-state index in [1.165, 1.54) is 12.0 Å². The lowest BCUT2D eigenvalue weighted by atomic mass is 9.94. The summed E-state index contributed by atoms with van der Waals surface area (Å²) in [6, 6.07) is 18.8. The summed E-state index contributed by atoms with van der Waals surface area (Å²) >= 11 is 0. The van der Waals surface area contributed by atoms with Crippen LogP contribution in [0.1, 0.15) is 22.7 Å². The van der Waals surface area contributed by atoms with Gasteiger partial charge in [0.25, 0.3) is 11.7 Å². The molecule has 1 amide bonds. The van der Waals surface area contributed by atoms with Gasteiger partial charge in [-0.25, -0.2) is 0 Å². The molecule has 2 aliphatic heterocycles. The number of hydrogen-bond donors (Lipinski definition) is 1. The molecule has 0 saturated carbocycles. The molecular weight excluding hydrogens is 474 g/mol. The molecule has 1 atom stereocenters. The Morgan fingerprint density at radius 1 is 0.946 bits per heavy atom. The number of ketones is 1. The Kier molecular flexibility index (Phi) is 6.72. The van der Waals surface area contributed by atoms with Gasteiger partial charge in [0.2, 0.25) is 0 Å². The molecule has 190 valence electrons. The quantitative estimate of drug-likeness (QED) is 0.295. The molecule has 0 radical (unpaired) electrons. The zero-order valence-corrected chi connectivity index (χ0v) is 20.6. The highest BCUT2D eigenvalue weighted by Crippen LogP contribution is 2.43. The van der Waals surface area contributed by atoms with Crippen LogP contribution >= 0.6 is 0 Å². The molecule has 1 saturated heterocycles. The predicted molar refractivity (Wildman–Crippen MR) is 136 cm³/mol. The highest BCUT2D eigenvalue weighted by molar-refractivity contribution is 6.46. The van der Waals surface area contributed by atoms with Crippen LogP contribution < -0.4 is 18.9 Å². The van der Waals surface area contributed by atoms with Gasteiger partial charge in [0.05, 0.1) is 25.8 Å². The second kappa shape index (κ2) is 10.3. The maximum Gasteiger partial charge on any atom is 0.295 e. The highest BCUT2D eigenvalue weighted by atomic mass is 16.6. The van der Waals surface area contributed by atoms with E-state index in [1.54, 1.807) is 37.4 Å². The van der Waals surface area contributed by atoms with Crippen LogP contribution in [0.4, 0.5) is 0 Å². The molecule has 1 N–H and O–H groups in total. The van der Waals surface area contributed by atoms with E-state index in [0.717, 1.165) is 11.3 Å². The average molecular weight is 502 g/mol. The van der Waals surface area contributed by atoms with E-state index in [0.29, 0.717) is 48.0 Å². The van der Waals surface area contributed by atoms with Crippen LogP contribution in [0.5, 0.6) is 23.0 Å². The SMILES string of the molecule is COc1ccc(CCN2C(=O)C(=O)/C(=C(/O)c3ccc4c(c3)OCCO4)C2c2ccccc2OC)cc1. The zero-order valence-electron chi connectivity index (χ0n) is 20.6. The van der Waals surface area contributed by atoms with Gasteiger partial charge >= 0.3 is 0 Å². The first-order valence-electron chi connectivity index (χ1n) is 12.0. The van der Waals surface area contributed by atoms with Gasteiger partial charge in [-0.05, 0) is 48.4 Å². The summed E-state index contributed by atoms with van der Waals surface area (Å²) in [6.45, 7) is 1.08. The van der Waals surface area contributed by atoms with E-state index in [4.69, 9.17) is 18.9 Å². The van der Waals surface area contributed by atoms with E-state index in [2.05, 4.69) is 0 Å². The minimum absolute atomic E-state index is 0.000841. The Morgan fingerprint density at radius 3 is 2.41 bits per heavy atom. The maximum absolute atomic E-state index is 13.4. The first-order chi connectivity index (χ1) is 18.0. The number of fused-ring (bicyclic) bond motifs is 1. The van der Waals surface area contributed by atoms with Gasteiger partial charge in [0, 0.05) is 17.7 Å². The molecule has 8 heteroatoms. The number of benzene rings is 3. The van der Waals surface area contributed by atoms with Gasteiger partial charge < -0.3 is 29.0 Å². The van der Waals surface area contributed by atoms with Gasteiger partial charge in [-0.1, -0.05) is 30.3 Å². The van der Waals surface area contributed by atoms with Crippen molar-refractivity contribution in [3.8, 4) is 23.0 Å². The molecule has 0 aliphatic carbocycles. The van der Waals surface area contributed by atoms with Crippen molar-refractivity contribution in [1.82, 2.24) is 4.90 Å². The standard InChI is InChI=1S/C29H27NO7/c1-34-20-10-7-18(8-11-20)13-14-30-26(21-5-3-4-6-22(21)35-2)25(28(32)29(30)33)27(31)19-9-12-23-24(17-19)37-16-15-36-23/h3-12,17,26,31H,13-16H2,1-2H3/b27-25+. The minimum Gasteiger partial charge on any atom is -0.507 e. The smallest absolute Gasteiger partial charge is 0.295 e. The lowest BCUT2D eigenvalue weighted by molar-refractivity contribution is -0.139. The van der Waals surface area contributed by atoms with E-state index >= 15 is 0 Å². The number of ether oxygens (including phenoxy) is 4. The molecular formula is C29H27NO7. The van der Waals surface area contributed by atoms with Gasteiger partial charge in [0.15, 0.2) is 11.5 Å². The molecule has 3 aromatic carbocycles. The second-order valence-corrected chi connectivity index (χ2v) is 8.69. The fraction of sp³-hybridized carbons (Fsp3) is 0.241. The fourth-order valence-corrected chi connectivity index (χ4v) is 4.71. The number of methoxy groups -OCH3 is 2. The number of amides is 1. The molecule has 8 nitrogen and oxygen atoms in total. The highest BCUT2D eigenvalue weighted by Gasteiger charge is 2.46. The lowest BCUT2D eigenvalue weighted by Gasteiger charge is -2.26. The Morgan fingerprint density at radius 2 is 1.68 bits per heavy atom. The normalized spacial score (nSPS) is 18.1. The summed E-state index contributed by atoms with van der Waals surface area (Å²) in [6.07, 6.45) is 0.507. The van der Waals surface area contributed by atoms with Gasteiger partial charge in [-0.15, -0.1) is 0 Å². The molecule has 3 aromatic rings. The maximum atomic E-state index is 13.4. The fourth-order valence-electron chi connectivity index (χ4n) is 4.71. The van der Waals surface area contributed by atoms with Crippen LogP contribution in [-0.4, -0.2) is 55.7 Å². The Hall–Kier alpha value is -4.46. The van der Waals surface area contributed by atoms with Crippen molar-refractivity contribution in [2.24, 2.45) is 0 Å². The summed E-state index contributed by atoms with van der Waals surface area (Å²) < 4.78 is 22.0. The number of likely N-dealkylation sites (tertiary alicyclic amines) is 1. The van der Waals surface area contributed by atoms with Crippen LogP contribution in [0.3, 0.4) is 0 Å². The number of aliphatic hydroxyl groups is 1. The topological polar surface area (TPSA) is 94.5 Å². The summed E-state index contributed by atoms with van der Waals surface area (Å²) in [5, 5.41) is 11.4. The average Bonchev–Trinajstić information content (AvgIpc) is 3.20. The van der Waals surface area contributed by atoms with Crippen molar-refractivity contribution < 1.29 is 33.6 Å². The first kappa shape index (κ1) is 24.2. The number of nitrogens with zero attached hydrogens (tertiary/aromatic N) is 1. The van der Waals surface area contributed by atoms with Crippen LogP contribution in [0.2, 0.25) is 0 Å². The minimum atomic E-state index is -0.831. The Bertz CT molecular complexity index is 1360. The van der Waals surface area contributed by atoms with Crippen molar-refractivity contribution in [1.29, 1.82) is 0 Å². The van der Waals surface area contributed by atoms with E-state index in [1.807, 2.05) is 36.4 Å². The number of para-hydroxylation sites is 1. The van der Waals surface area contributed by atoms with Crippen molar-refractivity contribution >= 4 is 17.4 Å². The molecule has 2 heterocycles. The molecule has 0 aromatic heterocycles. The monoisotopic (exact) mass is 501 g/mol. The molecule has 0 bridgehead atoms. The van der Waals surface area contributed by atoms with Crippen LogP contribution in [0.15, 0.2) is 72.3 Å². The summed E-state index contributed by atoms with van der Waals surface area (Å²) in [5.41, 5.74) is 1.95. The molecule has 1 fully saturated rings. The second-order valence-electron chi connectivity index (χ2n) is 8.69. The van der Waals surface area contributed by atoms with Crippen LogP contribution in [0.25, 0.3) is 5.76 Å². The lowest BCUT2D eigenvalue weighted by Crippen LogP contribution is -2.31. The third kappa shape index (κ3) is 4.58. The summed E-state index contributed by atoms with van der Waals surface area (Å²) in [7, 11) is 3.13. The largest absolute Gasteiger partial charge is 0.507 e. The number of hydrogen-bond acceptors (Lipinski definition) is 7. The molecule has 1 unspecified atom stereocenters. The summed E-state index contributed by atoms with van der Waals surface area (Å²) in [5.74, 6) is 0.566. The molecule has 37 heavy (non-hydrogen) atoms. The number of rotatable bonds is 7. The molecule has 5 rings (SSSR count). The Labute approximate surface area is 214 Å². The van der Waals surface area contributed by atoms with Crippen LogP contribution in [-0.2, 0) is 16.0 Å². The number of carbonyl (C=O) groups excluding carboxylic acids is 2. The zero-order chi connectivity index (χ0) is 25.9. The van der Waals surface area contributed by atoms with Gasteiger partial charge in [-0.3, -0.25) is 9.59 Å². The predicted octanol–water partition coefficient (Wildman–Crippen LogP) is 4.14. The van der Waals surface area contributed by atoms with Gasteiger partial charge in [0.1, 0.15) is 30.5 Å².